The number of anilines is 3. The summed E-state index contributed by atoms with van der Waals surface area (Å²) in [5.74, 6) is 0.867. The molecule has 0 saturated carbocycles. The van der Waals surface area contributed by atoms with Crippen molar-refractivity contribution < 1.29 is 25.6 Å². The monoisotopic (exact) mass is 471 g/mol. The number of likely N-dealkylation sites (N-methyl/N-ethyl adjacent to an activating group) is 1. The summed E-state index contributed by atoms with van der Waals surface area (Å²) in [7, 11) is 1.79. The number of amides is 1. The van der Waals surface area contributed by atoms with Crippen LogP contribution in [0.25, 0.3) is 0 Å². The largest absolute Gasteiger partial charge is 0.433 e. The zero-order valence-electron chi connectivity index (χ0n) is 19.0. The Morgan fingerprint density at radius 1 is 1.42 bits per heavy atom. The zero-order valence-corrected chi connectivity index (χ0v) is 19.0. The molecule has 2 aliphatic rings. The van der Waals surface area contributed by atoms with Crippen LogP contribution in [0.3, 0.4) is 0 Å². The Bertz CT molecular complexity index is 1020. The van der Waals surface area contributed by atoms with Crippen molar-refractivity contribution in [3.05, 3.63) is 36.3 Å². The molecule has 0 radical (unpaired) electrons. The molecular weight excluding hydrogens is 439 g/mol. The molecule has 0 spiro atoms. The molecular formula is C21H32F3N7O2. The second-order valence-corrected chi connectivity index (χ2v) is 7.94. The molecule has 0 aliphatic carbocycles. The smallest absolute Gasteiger partial charge is 0.374 e. The second kappa shape index (κ2) is 9.77. The third-order valence-electron chi connectivity index (χ3n) is 5.41. The average Bonchev–Trinajstić information content (AvgIpc) is 3.38. The van der Waals surface area contributed by atoms with Crippen LogP contribution in [-0.2, 0) is 22.3 Å². The average molecular weight is 472 g/mol. The van der Waals surface area contributed by atoms with Crippen LogP contribution in [0.4, 0.5) is 30.6 Å². The zero-order chi connectivity index (χ0) is 24.3. The number of aromatic nitrogens is 4. The number of ether oxygens (including phenoxy) is 1. The number of hydrogen-bond acceptors (Lipinski definition) is 7. The van der Waals surface area contributed by atoms with Gasteiger partial charge in [-0.1, -0.05) is 6.08 Å². The summed E-state index contributed by atoms with van der Waals surface area (Å²) in [6.45, 7) is 9.13. The van der Waals surface area contributed by atoms with Crippen LogP contribution < -0.4 is 15.5 Å². The first-order valence-electron chi connectivity index (χ1n) is 10.5. The number of fused-ring (bicyclic) bond motifs is 1. The molecule has 1 amide bonds. The van der Waals surface area contributed by atoms with Gasteiger partial charge in [0.15, 0.2) is 5.82 Å². The maximum atomic E-state index is 13.0. The number of allylic oxidation sites excluding steroid dienone is 1. The maximum absolute atomic E-state index is 13.0. The first-order valence-corrected chi connectivity index (χ1v) is 10.5. The molecule has 2 N–H and O–H groups in total. The van der Waals surface area contributed by atoms with Crippen molar-refractivity contribution in [1.82, 2.24) is 19.7 Å². The van der Waals surface area contributed by atoms with E-state index in [-0.39, 0.29) is 27.4 Å². The number of carbonyl (C=O) groups excluding carboxylic acids is 1. The van der Waals surface area contributed by atoms with Gasteiger partial charge < -0.3 is 20.3 Å². The van der Waals surface area contributed by atoms with Gasteiger partial charge in [0.25, 0.3) is 0 Å². The molecule has 33 heavy (non-hydrogen) atoms. The standard InChI is InChI=1S/C18H22F3N7O2.C3H6.2H2/c1-9-14-15(27(3)10(2)16(29)25-14)26-17(23-9)24-11-6-12(30-8-11)7-28-13(4-5-22-28)18(19,20)21;1-3-2;;/h4-5,10-12H,6-8H2,1-3H3,(H,25,29)(H,23,24,26);3H,1H2,2H3;2*1H/t10-,11-,12-;;;/m0.../s1. The molecule has 1 saturated heterocycles. The van der Waals surface area contributed by atoms with Gasteiger partial charge in [-0.25, -0.2) is 4.98 Å². The third kappa shape index (κ3) is 5.44. The van der Waals surface area contributed by atoms with Gasteiger partial charge >= 0.3 is 6.18 Å². The van der Waals surface area contributed by atoms with Crippen molar-refractivity contribution in [2.75, 3.05) is 29.2 Å². The minimum Gasteiger partial charge on any atom is -0.374 e. The van der Waals surface area contributed by atoms with Crippen LogP contribution in [0.2, 0.25) is 0 Å². The number of nitrogens with zero attached hydrogens (tertiary/aromatic N) is 5. The lowest BCUT2D eigenvalue weighted by Crippen LogP contribution is -2.45. The molecule has 4 heterocycles. The van der Waals surface area contributed by atoms with Crippen molar-refractivity contribution >= 4 is 23.4 Å². The molecule has 0 bridgehead atoms. The van der Waals surface area contributed by atoms with E-state index in [0.29, 0.717) is 36.2 Å². The highest BCUT2D eigenvalue weighted by atomic mass is 19.4. The van der Waals surface area contributed by atoms with Gasteiger partial charge in [0.1, 0.15) is 17.4 Å². The van der Waals surface area contributed by atoms with E-state index in [2.05, 4.69) is 32.3 Å². The van der Waals surface area contributed by atoms with Crippen LogP contribution in [-0.4, -0.2) is 57.5 Å². The summed E-state index contributed by atoms with van der Waals surface area (Å²) in [6, 6.07) is 0.430. The third-order valence-corrected chi connectivity index (χ3v) is 5.41. The lowest BCUT2D eigenvalue weighted by molar-refractivity contribution is -0.144. The molecule has 184 valence electrons. The fourth-order valence-corrected chi connectivity index (χ4v) is 3.64. The lowest BCUT2D eigenvalue weighted by Gasteiger charge is -2.32. The second-order valence-electron chi connectivity index (χ2n) is 7.94. The van der Waals surface area contributed by atoms with Crippen molar-refractivity contribution in [2.45, 2.75) is 58.1 Å². The van der Waals surface area contributed by atoms with Crippen LogP contribution in [0.15, 0.2) is 24.9 Å². The van der Waals surface area contributed by atoms with Gasteiger partial charge in [0.2, 0.25) is 11.9 Å². The minimum absolute atomic E-state index is 0. The van der Waals surface area contributed by atoms with Crippen LogP contribution >= 0.6 is 0 Å². The molecule has 2 aromatic rings. The lowest BCUT2D eigenvalue weighted by atomic mass is 10.1. The molecule has 4 rings (SSSR count). The van der Waals surface area contributed by atoms with Crippen LogP contribution in [0, 0.1) is 6.92 Å². The summed E-state index contributed by atoms with van der Waals surface area (Å²) in [5, 5.41) is 9.78. The number of aryl methyl sites for hydroxylation is 1. The normalized spacial score (nSPS) is 22.2. The number of carbonyl (C=O) groups is 1. The Morgan fingerprint density at radius 2 is 2.12 bits per heavy atom. The highest BCUT2D eigenvalue weighted by molar-refractivity contribution is 6.03. The first kappa shape index (κ1) is 24.5. The molecule has 1 fully saturated rings. The number of nitrogens with one attached hydrogen (secondary N) is 2. The number of alkyl halides is 3. The van der Waals surface area contributed by atoms with Gasteiger partial charge in [-0.05, 0) is 33.3 Å². The quantitative estimate of drug-likeness (QED) is 0.656. The van der Waals surface area contributed by atoms with E-state index in [1.165, 1.54) is 0 Å². The van der Waals surface area contributed by atoms with Gasteiger partial charge in [0, 0.05) is 16.1 Å². The topological polar surface area (TPSA) is 97.2 Å². The molecule has 3 atom stereocenters. The molecule has 12 heteroatoms. The number of halogens is 3. The Balaban J connectivity index is 0.00000117. The van der Waals surface area contributed by atoms with E-state index in [1.54, 1.807) is 31.9 Å². The van der Waals surface area contributed by atoms with Crippen molar-refractivity contribution in [1.29, 1.82) is 0 Å². The molecule has 2 aliphatic heterocycles. The highest BCUT2D eigenvalue weighted by Crippen LogP contribution is 2.33. The summed E-state index contributed by atoms with van der Waals surface area (Å²) >= 11 is 0. The summed E-state index contributed by atoms with van der Waals surface area (Å²) in [4.78, 5) is 22.7. The fourth-order valence-electron chi connectivity index (χ4n) is 3.64. The van der Waals surface area contributed by atoms with Crippen LogP contribution in [0.5, 0.6) is 0 Å². The number of hydrogen-bond donors (Lipinski definition) is 2. The van der Waals surface area contributed by atoms with Gasteiger partial charge in [-0.3, -0.25) is 9.48 Å². The van der Waals surface area contributed by atoms with Crippen molar-refractivity contribution in [3.63, 3.8) is 0 Å². The predicted octanol–water partition coefficient (Wildman–Crippen LogP) is 3.73. The number of rotatable bonds is 4. The maximum Gasteiger partial charge on any atom is 0.433 e. The Morgan fingerprint density at radius 3 is 2.79 bits per heavy atom. The first-order chi connectivity index (χ1) is 15.5. The van der Waals surface area contributed by atoms with Crippen LogP contribution in [0.1, 0.15) is 34.5 Å². The Labute approximate surface area is 193 Å². The Hall–Kier alpha value is -3.15. The van der Waals surface area contributed by atoms with E-state index >= 15 is 0 Å². The summed E-state index contributed by atoms with van der Waals surface area (Å²) in [6.07, 6.45) is -1.50. The van der Waals surface area contributed by atoms with Gasteiger partial charge in [0.05, 0.1) is 31.0 Å². The minimum atomic E-state index is -4.46. The van der Waals surface area contributed by atoms with Gasteiger partial charge in [-0.15, -0.1) is 6.58 Å². The van der Waals surface area contributed by atoms with E-state index in [0.717, 1.165) is 16.9 Å². The van der Waals surface area contributed by atoms with Crippen molar-refractivity contribution in [3.8, 4) is 0 Å². The molecule has 0 aromatic carbocycles. The van der Waals surface area contributed by atoms with Gasteiger partial charge in [-0.2, -0.15) is 23.3 Å². The van der Waals surface area contributed by atoms with E-state index < -0.39 is 18.0 Å². The Kier molecular flexibility index (Phi) is 7.25. The summed E-state index contributed by atoms with van der Waals surface area (Å²) < 4.78 is 45.6. The molecule has 2 aromatic heterocycles. The van der Waals surface area contributed by atoms with E-state index in [4.69, 9.17) is 4.74 Å². The van der Waals surface area contributed by atoms with E-state index in [9.17, 15) is 18.0 Å². The SMILES string of the molecule is C=CC.Cc1nc(N[C@@H]2CO[C@H](Cn3nccc3C(F)(F)F)C2)nc2c1NC(=O)[C@H](C)N2C.[HH].[HH]. The summed E-state index contributed by atoms with van der Waals surface area (Å²) in [5.41, 5.74) is 0.400. The predicted molar refractivity (Wildman–Crippen MR) is 122 cm³/mol. The fraction of sp³-hybridized carbons (Fsp3) is 0.524. The molecule has 9 nitrogen and oxygen atoms in total. The molecule has 0 unspecified atom stereocenters. The van der Waals surface area contributed by atoms with Crippen molar-refractivity contribution in [2.24, 2.45) is 0 Å². The highest BCUT2D eigenvalue weighted by Gasteiger charge is 2.36. The van der Waals surface area contributed by atoms with E-state index in [1.807, 2.05) is 6.92 Å².